The lowest BCUT2D eigenvalue weighted by molar-refractivity contribution is -0.384. The highest BCUT2D eigenvalue weighted by atomic mass is 35.5. The summed E-state index contributed by atoms with van der Waals surface area (Å²) < 4.78 is 0. The van der Waals surface area contributed by atoms with Crippen molar-refractivity contribution in [2.24, 2.45) is 5.92 Å². The molecular weight excluding hydrogens is 288 g/mol. The Balaban J connectivity index is 2.65. The molecule has 1 rings (SSSR count). The van der Waals surface area contributed by atoms with Crippen molar-refractivity contribution in [1.82, 2.24) is 0 Å². The number of carbonyl (C=O) groups is 2. The number of nitro benzene ring substituents is 1. The molecule has 0 aromatic heterocycles. The first-order chi connectivity index (χ1) is 9.29. The molecule has 0 aliphatic rings. The second kappa shape index (κ2) is 6.85. The van der Waals surface area contributed by atoms with E-state index in [2.05, 4.69) is 5.32 Å². The standard InChI is InChI=1S/C12H13ClN2O5/c1-7(5-12(17)18)4-11(16)14-8-2-3-10(15(19)20)9(13)6-8/h2-3,6-7H,4-5H2,1H3,(H,14,16)(H,17,18). The summed E-state index contributed by atoms with van der Waals surface area (Å²) >= 11 is 5.71. The second-order valence-electron chi connectivity index (χ2n) is 4.38. The number of nitro groups is 1. The highest BCUT2D eigenvalue weighted by Gasteiger charge is 2.15. The Morgan fingerprint density at radius 1 is 1.45 bits per heavy atom. The van der Waals surface area contributed by atoms with Crippen molar-refractivity contribution in [2.45, 2.75) is 19.8 Å². The number of carboxylic acids is 1. The summed E-state index contributed by atoms with van der Waals surface area (Å²) in [5, 5.41) is 21.6. The third-order valence-corrected chi connectivity index (χ3v) is 2.79. The maximum Gasteiger partial charge on any atom is 0.303 e. The van der Waals surface area contributed by atoms with E-state index in [0.717, 1.165) is 0 Å². The predicted octanol–water partition coefficient (Wildman–Crippen LogP) is 2.69. The first-order valence-corrected chi connectivity index (χ1v) is 6.13. The van der Waals surface area contributed by atoms with Crippen LogP contribution in [0.25, 0.3) is 0 Å². The maximum atomic E-state index is 11.7. The molecule has 2 N–H and O–H groups in total. The first kappa shape index (κ1) is 15.9. The van der Waals surface area contributed by atoms with Crippen LogP contribution in [0.4, 0.5) is 11.4 Å². The van der Waals surface area contributed by atoms with Gasteiger partial charge in [0.05, 0.1) is 4.92 Å². The SMILES string of the molecule is CC(CC(=O)O)CC(=O)Nc1ccc([N+](=O)[O-])c(Cl)c1. The molecule has 8 heteroatoms. The molecule has 0 saturated carbocycles. The number of anilines is 1. The van der Waals surface area contributed by atoms with Gasteiger partial charge in [0, 0.05) is 24.6 Å². The van der Waals surface area contributed by atoms with E-state index in [1.54, 1.807) is 6.92 Å². The number of aliphatic carboxylic acids is 1. The molecule has 0 aliphatic carbocycles. The smallest absolute Gasteiger partial charge is 0.303 e. The monoisotopic (exact) mass is 300 g/mol. The molecule has 1 amide bonds. The molecule has 1 unspecified atom stereocenters. The van der Waals surface area contributed by atoms with Crippen LogP contribution in [0.1, 0.15) is 19.8 Å². The minimum Gasteiger partial charge on any atom is -0.481 e. The summed E-state index contributed by atoms with van der Waals surface area (Å²) in [7, 11) is 0. The van der Waals surface area contributed by atoms with Gasteiger partial charge in [-0.1, -0.05) is 18.5 Å². The fourth-order valence-electron chi connectivity index (χ4n) is 1.63. The van der Waals surface area contributed by atoms with E-state index >= 15 is 0 Å². The summed E-state index contributed by atoms with van der Waals surface area (Å²) in [5.41, 5.74) is 0.0806. The van der Waals surface area contributed by atoms with E-state index in [4.69, 9.17) is 16.7 Å². The van der Waals surface area contributed by atoms with Crippen molar-refractivity contribution < 1.29 is 19.6 Å². The van der Waals surface area contributed by atoms with Crippen LogP contribution in [0, 0.1) is 16.0 Å². The van der Waals surface area contributed by atoms with Crippen molar-refractivity contribution in [1.29, 1.82) is 0 Å². The van der Waals surface area contributed by atoms with Crippen LogP contribution in [0.5, 0.6) is 0 Å². The largest absolute Gasteiger partial charge is 0.481 e. The third kappa shape index (κ3) is 4.85. The summed E-state index contributed by atoms with van der Waals surface area (Å²) in [6, 6.07) is 3.84. The fourth-order valence-corrected chi connectivity index (χ4v) is 1.88. The van der Waals surface area contributed by atoms with Gasteiger partial charge in [0.15, 0.2) is 0 Å². The number of halogens is 1. The summed E-state index contributed by atoms with van der Waals surface area (Å²) in [6.07, 6.45) is -0.0602. The number of nitrogens with zero attached hydrogens (tertiary/aromatic N) is 1. The van der Waals surface area contributed by atoms with Crippen molar-refractivity contribution in [3.63, 3.8) is 0 Å². The van der Waals surface area contributed by atoms with E-state index in [9.17, 15) is 19.7 Å². The van der Waals surface area contributed by atoms with Crippen LogP contribution in [0.15, 0.2) is 18.2 Å². The number of amides is 1. The average molecular weight is 301 g/mol. The normalized spacial score (nSPS) is 11.7. The zero-order chi connectivity index (χ0) is 15.3. The molecule has 0 bridgehead atoms. The Morgan fingerprint density at radius 3 is 2.60 bits per heavy atom. The van der Waals surface area contributed by atoms with Gasteiger partial charge >= 0.3 is 5.97 Å². The minimum absolute atomic E-state index is 0.0426. The van der Waals surface area contributed by atoms with Crippen molar-refractivity contribution >= 4 is 34.9 Å². The fraction of sp³-hybridized carbons (Fsp3) is 0.333. The minimum atomic E-state index is -0.969. The number of nitrogens with one attached hydrogen (secondary N) is 1. The van der Waals surface area contributed by atoms with Gasteiger partial charge in [-0.2, -0.15) is 0 Å². The van der Waals surface area contributed by atoms with Crippen molar-refractivity contribution in [3.05, 3.63) is 33.3 Å². The van der Waals surface area contributed by atoms with E-state index in [1.807, 2.05) is 0 Å². The van der Waals surface area contributed by atoms with E-state index in [1.165, 1.54) is 18.2 Å². The van der Waals surface area contributed by atoms with Gasteiger partial charge in [0.1, 0.15) is 5.02 Å². The lowest BCUT2D eigenvalue weighted by Gasteiger charge is -2.09. The topological polar surface area (TPSA) is 110 Å². The second-order valence-corrected chi connectivity index (χ2v) is 4.79. The highest BCUT2D eigenvalue weighted by Crippen LogP contribution is 2.27. The Hall–Kier alpha value is -2.15. The zero-order valence-corrected chi connectivity index (χ0v) is 11.4. The number of rotatable bonds is 6. The lowest BCUT2D eigenvalue weighted by atomic mass is 10.0. The first-order valence-electron chi connectivity index (χ1n) is 5.75. The van der Waals surface area contributed by atoms with E-state index < -0.39 is 10.9 Å². The number of hydrogen-bond acceptors (Lipinski definition) is 4. The molecule has 0 spiro atoms. The molecule has 1 aromatic carbocycles. The molecule has 0 radical (unpaired) electrons. The van der Waals surface area contributed by atoms with Gasteiger partial charge in [-0.15, -0.1) is 0 Å². The van der Waals surface area contributed by atoms with Crippen LogP contribution in [-0.2, 0) is 9.59 Å². The van der Waals surface area contributed by atoms with Crippen molar-refractivity contribution in [3.8, 4) is 0 Å². The maximum absolute atomic E-state index is 11.7. The third-order valence-electron chi connectivity index (χ3n) is 2.49. The molecule has 20 heavy (non-hydrogen) atoms. The average Bonchev–Trinajstić information content (AvgIpc) is 2.26. The zero-order valence-electron chi connectivity index (χ0n) is 10.6. The molecule has 1 atom stereocenters. The van der Waals surface area contributed by atoms with Crippen LogP contribution in [-0.4, -0.2) is 21.9 Å². The summed E-state index contributed by atoms with van der Waals surface area (Å²) in [4.78, 5) is 32.1. The Kier molecular flexibility index (Phi) is 5.45. The number of carbonyl (C=O) groups excluding carboxylic acids is 1. The van der Waals surface area contributed by atoms with Crippen LogP contribution < -0.4 is 5.32 Å². The van der Waals surface area contributed by atoms with Crippen LogP contribution in [0.2, 0.25) is 5.02 Å². The lowest BCUT2D eigenvalue weighted by Crippen LogP contribution is -2.17. The Labute approximate surface area is 119 Å². The molecule has 0 fully saturated rings. The van der Waals surface area contributed by atoms with Gasteiger partial charge < -0.3 is 10.4 Å². The van der Waals surface area contributed by atoms with Gasteiger partial charge in [0.25, 0.3) is 5.69 Å². The molecule has 7 nitrogen and oxygen atoms in total. The quantitative estimate of drug-likeness (QED) is 0.620. The van der Waals surface area contributed by atoms with Gasteiger partial charge in [-0.25, -0.2) is 0 Å². The van der Waals surface area contributed by atoms with Crippen molar-refractivity contribution in [2.75, 3.05) is 5.32 Å². The van der Waals surface area contributed by atoms with Gasteiger partial charge in [0.2, 0.25) is 5.91 Å². The van der Waals surface area contributed by atoms with E-state index in [-0.39, 0.29) is 35.4 Å². The molecule has 0 saturated heterocycles. The van der Waals surface area contributed by atoms with Crippen LogP contribution >= 0.6 is 11.6 Å². The molecule has 108 valence electrons. The molecular formula is C12H13ClN2O5. The number of benzene rings is 1. The highest BCUT2D eigenvalue weighted by molar-refractivity contribution is 6.33. The predicted molar refractivity (Wildman–Crippen MR) is 72.8 cm³/mol. The molecule has 1 aromatic rings. The summed E-state index contributed by atoms with van der Waals surface area (Å²) in [5.74, 6) is -1.65. The van der Waals surface area contributed by atoms with Gasteiger partial charge in [-0.3, -0.25) is 19.7 Å². The number of carboxylic acid groups (broad SMARTS) is 1. The number of hydrogen-bond donors (Lipinski definition) is 2. The Morgan fingerprint density at radius 2 is 2.10 bits per heavy atom. The summed E-state index contributed by atoms with van der Waals surface area (Å²) in [6.45, 7) is 1.65. The van der Waals surface area contributed by atoms with Gasteiger partial charge in [-0.05, 0) is 18.1 Å². The van der Waals surface area contributed by atoms with Crippen LogP contribution in [0.3, 0.4) is 0 Å². The molecule has 0 heterocycles. The molecule has 0 aliphatic heterocycles. The van der Waals surface area contributed by atoms with E-state index in [0.29, 0.717) is 5.69 Å². The Bertz CT molecular complexity index is 547.